The van der Waals surface area contributed by atoms with Gasteiger partial charge in [0.25, 0.3) is 0 Å². The molecule has 14 heavy (non-hydrogen) atoms. The first-order valence-corrected chi connectivity index (χ1v) is 4.51. The second-order valence-electron chi connectivity index (χ2n) is 3.40. The summed E-state index contributed by atoms with van der Waals surface area (Å²) in [5, 5.41) is 9.23. The smallest absolute Gasteiger partial charge is 0.166 e. The highest BCUT2D eigenvalue weighted by molar-refractivity contribution is 5.68. The van der Waals surface area contributed by atoms with Gasteiger partial charge >= 0.3 is 0 Å². The van der Waals surface area contributed by atoms with E-state index in [4.69, 9.17) is 0 Å². The molecule has 1 N–H and O–H groups in total. The van der Waals surface area contributed by atoms with Gasteiger partial charge in [0.05, 0.1) is 6.10 Å². The molecule has 1 nitrogen and oxygen atoms in total. The maximum Gasteiger partial charge on any atom is 0.166 e. The van der Waals surface area contributed by atoms with E-state index < -0.39 is 17.7 Å². The predicted molar refractivity (Wildman–Crippen MR) is 49.6 cm³/mol. The van der Waals surface area contributed by atoms with Crippen LogP contribution in [0.3, 0.4) is 0 Å². The third kappa shape index (κ3) is 1.55. The Morgan fingerprint density at radius 1 is 1.29 bits per heavy atom. The van der Waals surface area contributed by atoms with Gasteiger partial charge in [0.15, 0.2) is 11.6 Å². The van der Waals surface area contributed by atoms with E-state index in [2.05, 4.69) is 0 Å². The molecule has 74 valence electrons. The largest absolute Gasteiger partial charge is 0.389 e. The summed E-state index contributed by atoms with van der Waals surface area (Å²) in [7, 11) is 0. The van der Waals surface area contributed by atoms with Crippen molar-refractivity contribution in [1.82, 2.24) is 0 Å². The normalized spacial score (nSPS) is 21.1. The summed E-state index contributed by atoms with van der Waals surface area (Å²) in [5.74, 6) is -1.67. The van der Waals surface area contributed by atoms with Gasteiger partial charge in [-0.3, -0.25) is 0 Å². The van der Waals surface area contributed by atoms with Crippen molar-refractivity contribution in [2.24, 2.45) is 0 Å². The molecule has 1 aliphatic rings. The first-order chi connectivity index (χ1) is 6.68. The van der Waals surface area contributed by atoms with Crippen molar-refractivity contribution in [3.05, 3.63) is 41.5 Å². The number of rotatable bonds is 1. The van der Waals surface area contributed by atoms with Crippen LogP contribution in [-0.4, -0.2) is 11.2 Å². The Morgan fingerprint density at radius 3 is 2.71 bits per heavy atom. The molecule has 0 heterocycles. The molecule has 1 unspecified atom stereocenters. The maximum absolute atomic E-state index is 13.3. The summed E-state index contributed by atoms with van der Waals surface area (Å²) in [6.07, 6.45) is 2.25. The van der Waals surface area contributed by atoms with E-state index in [1.165, 1.54) is 12.1 Å². The number of halogens is 2. The molecule has 0 spiro atoms. The van der Waals surface area contributed by atoms with Gasteiger partial charge in [-0.15, -0.1) is 0 Å². The highest BCUT2D eigenvalue weighted by Gasteiger charge is 2.18. The zero-order valence-corrected chi connectivity index (χ0v) is 7.50. The molecular weight excluding hydrogens is 186 g/mol. The van der Waals surface area contributed by atoms with Crippen molar-refractivity contribution in [1.29, 1.82) is 0 Å². The first-order valence-electron chi connectivity index (χ1n) is 4.51. The third-order valence-corrected chi connectivity index (χ3v) is 2.40. The lowest BCUT2D eigenvalue weighted by Crippen LogP contribution is -1.93. The van der Waals surface area contributed by atoms with Gasteiger partial charge in [0.2, 0.25) is 0 Å². The summed E-state index contributed by atoms with van der Waals surface area (Å²) in [4.78, 5) is 0. The molecule has 1 atom stereocenters. The van der Waals surface area contributed by atoms with Crippen LogP contribution < -0.4 is 0 Å². The Bertz CT molecular complexity index is 385. The summed E-state index contributed by atoms with van der Waals surface area (Å²) in [6.45, 7) is 0. The predicted octanol–water partition coefficient (Wildman–Crippen LogP) is 2.50. The minimum absolute atomic E-state index is 0.265. The third-order valence-electron chi connectivity index (χ3n) is 2.40. The lowest BCUT2D eigenvalue weighted by atomic mass is 10.0. The zero-order valence-electron chi connectivity index (χ0n) is 7.50. The highest BCUT2D eigenvalue weighted by Crippen LogP contribution is 2.30. The molecule has 2 rings (SSSR count). The average Bonchev–Trinajstić information content (AvgIpc) is 2.57. The topological polar surface area (TPSA) is 20.2 Å². The molecule has 0 radical (unpaired) electrons. The maximum atomic E-state index is 13.3. The van der Waals surface area contributed by atoms with Gasteiger partial charge in [-0.25, -0.2) is 8.78 Å². The number of hydrogen-bond acceptors (Lipinski definition) is 1. The van der Waals surface area contributed by atoms with E-state index in [0.29, 0.717) is 18.4 Å². The summed E-state index contributed by atoms with van der Waals surface area (Å²) in [6, 6.07) is 4.09. The van der Waals surface area contributed by atoms with Crippen LogP contribution in [-0.2, 0) is 0 Å². The van der Waals surface area contributed by atoms with Crippen LogP contribution in [0.4, 0.5) is 8.78 Å². The van der Waals surface area contributed by atoms with Crippen molar-refractivity contribution in [2.45, 2.75) is 18.9 Å². The van der Waals surface area contributed by atoms with Gasteiger partial charge in [-0.1, -0.05) is 18.2 Å². The Balaban J connectivity index is 2.42. The molecule has 0 amide bonds. The molecule has 0 saturated heterocycles. The Labute approximate surface area is 80.7 Å². The lowest BCUT2D eigenvalue weighted by Gasteiger charge is -2.03. The second-order valence-corrected chi connectivity index (χ2v) is 3.40. The number of aliphatic hydroxyl groups excluding tert-OH is 1. The fraction of sp³-hybridized carbons (Fsp3) is 0.273. The van der Waals surface area contributed by atoms with Crippen LogP contribution in [0.25, 0.3) is 5.57 Å². The molecule has 0 saturated carbocycles. The second kappa shape index (κ2) is 3.50. The van der Waals surface area contributed by atoms with Crippen molar-refractivity contribution in [3.8, 4) is 0 Å². The Hall–Kier alpha value is -1.22. The summed E-state index contributed by atoms with van der Waals surface area (Å²) in [5.41, 5.74) is 0.955. The van der Waals surface area contributed by atoms with Gasteiger partial charge in [-0.2, -0.15) is 0 Å². The van der Waals surface area contributed by atoms with Gasteiger partial charge in [-0.05, 0) is 24.5 Å². The molecule has 1 aliphatic carbocycles. The van der Waals surface area contributed by atoms with Crippen LogP contribution in [0.15, 0.2) is 24.3 Å². The molecule has 0 aromatic heterocycles. The minimum atomic E-state index is -0.843. The van der Waals surface area contributed by atoms with Crippen LogP contribution in [0.2, 0.25) is 0 Å². The first kappa shape index (κ1) is 9.34. The fourth-order valence-corrected chi connectivity index (χ4v) is 1.68. The van der Waals surface area contributed by atoms with Crippen LogP contribution in [0.5, 0.6) is 0 Å². The van der Waals surface area contributed by atoms with Crippen LogP contribution >= 0.6 is 0 Å². The van der Waals surface area contributed by atoms with Crippen molar-refractivity contribution in [2.75, 3.05) is 0 Å². The van der Waals surface area contributed by atoms with E-state index in [0.717, 1.165) is 6.07 Å². The number of aliphatic hydroxyl groups is 1. The van der Waals surface area contributed by atoms with Crippen molar-refractivity contribution in [3.63, 3.8) is 0 Å². The molecule has 0 aliphatic heterocycles. The minimum Gasteiger partial charge on any atom is -0.389 e. The van der Waals surface area contributed by atoms with E-state index in [-0.39, 0.29) is 5.56 Å². The molecule has 0 bridgehead atoms. The van der Waals surface area contributed by atoms with Gasteiger partial charge in [0, 0.05) is 5.56 Å². The molecular formula is C11H10F2O. The Kier molecular flexibility index (Phi) is 2.33. The Morgan fingerprint density at radius 2 is 2.07 bits per heavy atom. The number of hydrogen-bond donors (Lipinski definition) is 1. The highest BCUT2D eigenvalue weighted by atomic mass is 19.2. The molecule has 1 aromatic rings. The fourth-order valence-electron chi connectivity index (χ4n) is 1.68. The standard InChI is InChI=1S/C11H10F2O/c12-10-3-1-2-9(11(10)13)7-4-5-8(14)6-7/h1-3,6,8,14H,4-5H2. The van der Waals surface area contributed by atoms with Crippen LogP contribution in [0, 0.1) is 11.6 Å². The SMILES string of the molecule is OC1C=C(c2cccc(F)c2F)CC1. The average molecular weight is 196 g/mol. The van der Waals surface area contributed by atoms with Crippen molar-refractivity contribution >= 4 is 5.57 Å². The lowest BCUT2D eigenvalue weighted by molar-refractivity contribution is 0.223. The summed E-state index contributed by atoms with van der Waals surface area (Å²) < 4.78 is 26.1. The van der Waals surface area contributed by atoms with E-state index >= 15 is 0 Å². The van der Waals surface area contributed by atoms with Gasteiger partial charge in [0.1, 0.15) is 0 Å². The molecule has 0 fully saturated rings. The number of allylic oxidation sites excluding steroid dienone is 1. The summed E-state index contributed by atoms with van der Waals surface area (Å²) >= 11 is 0. The van der Waals surface area contributed by atoms with Gasteiger partial charge < -0.3 is 5.11 Å². The quantitative estimate of drug-likeness (QED) is 0.731. The van der Waals surface area contributed by atoms with E-state index in [9.17, 15) is 13.9 Å². The molecule has 1 aromatic carbocycles. The number of benzene rings is 1. The monoisotopic (exact) mass is 196 g/mol. The zero-order chi connectivity index (χ0) is 10.1. The van der Waals surface area contributed by atoms with E-state index in [1.54, 1.807) is 6.08 Å². The molecule has 3 heteroatoms. The van der Waals surface area contributed by atoms with Crippen molar-refractivity contribution < 1.29 is 13.9 Å². The van der Waals surface area contributed by atoms with Crippen LogP contribution in [0.1, 0.15) is 18.4 Å². The van der Waals surface area contributed by atoms with E-state index in [1.807, 2.05) is 0 Å².